The number of likely N-dealkylation sites (tertiary alicyclic amines) is 1. The number of sulfonamides is 1. The third kappa shape index (κ3) is 5.19. The van der Waals surface area contributed by atoms with Crippen molar-refractivity contribution in [3.63, 3.8) is 0 Å². The Morgan fingerprint density at radius 2 is 1.76 bits per heavy atom. The molecule has 0 N–H and O–H groups in total. The number of amides is 1. The fraction of sp³-hybridized carbons (Fsp3) is 0.458. The molecule has 9 heteroatoms. The van der Waals surface area contributed by atoms with Gasteiger partial charge in [-0.2, -0.15) is 4.31 Å². The van der Waals surface area contributed by atoms with E-state index < -0.39 is 10.0 Å². The van der Waals surface area contributed by atoms with Crippen LogP contribution in [0, 0.1) is 0 Å². The number of morpholine rings is 1. The van der Waals surface area contributed by atoms with E-state index in [1.807, 2.05) is 29.2 Å². The highest BCUT2D eigenvalue weighted by Crippen LogP contribution is 2.33. The molecule has 178 valence electrons. The van der Waals surface area contributed by atoms with Crippen LogP contribution in [0.25, 0.3) is 0 Å². The highest BCUT2D eigenvalue weighted by Gasteiger charge is 2.32. The lowest BCUT2D eigenvalue weighted by molar-refractivity contribution is 0.0680. The van der Waals surface area contributed by atoms with Gasteiger partial charge in [0, 0.05) is 25.2 Å². The van der Waals surface area contributed by atoms with Crippen LogP contribution in [0.3, 0.4) is 0 Å². The molecule has 1 atom stereocenters. The van der Waals surface area contributed by atoms with Crippen molar-refractivity contribution in [2.75, 3.05) is 40.0 Å². The van der Waals surface area contributed by atoms with E-state index in [4.69, 9.17) is 21.1 Å². The first kappa shape index (κ1) is 24.0. The predicted molar refractivity (Wildman–Crippen MR) is 126 cm³/mol. The largest absolute Gasteiger partial charge is 0.497 e. The van der Waals surface area contributed by atoms with Crippen LogP contribution in [0.2, 0.25) is 5.02 Å². The Bertz CT molecular complexity index is 1080. The van der Waals surface area contributed by atoms with Gasteiger partial charge in [-0.05, 0) is 48.7 Å². The van der Waals surface area contributed by atoms with E-state index in [1.54, 1.807) is 13.2 Å². The van der Waals surface area contributed by atoms with Crippen LogP contribution in [-0.4, -0.2) is 63.5 Å². The van der Waals surface area contributed by atoms with Gasteiger partial charge in [-0.3, -0.25) is 4.79 Å². The zero-order chi connectivity index (χ0) is 23.4. The van der Waals surface area contributed by atoms with Crippen molar-refractivity contribution >= 4 is 27.5 Å². The number of carbonyl (C=O) groups excluding carboxylic acids is 1. The van der Waals surface area contributed by atoms with Crippen LogP contribution >= 0.6 is 11.6 Å². The standard InChI is InChI=1S/C24H29ClN2O5S/c1-31-20-9-6-18(7-10-20)22-5-3-2-4-12-27(22)24(28)19-8-11-21(25)23(17-19)33(29,30)26-13-15-32-16-14-26/h6-11,17,22H,2-5,12-16H2,1H3. The van der Waals surface area contributed by atoms with Gasteiger partial charge >= 0.3 is 0 Å². The number of ether oxygens (including phenoxy) is 2. The zero-order valence-electron chi connectivity index (χ0n) is 18.7. The van der Waals surface area contributed by atoms with E-state index in [2.05, 4.69) is 0 Å². The minimum Gasteiger partial charge on any atom is -0.497 e. The highest BCUT2D eigenvalue weighted by molar-refractivity contribution is 7.89. The fourth-order valence-electron chi connectivity index (χ4n) is 4.45. The fourth-order valence-corrected chi connectivity index (χ4v) is 6.36. The molecule has 2 saturated heterocycles. The van der Waals surface area contributed by atoms with Gasteiger partial charge in [-0.1, -0.05) is 36.6 Å². The SMILES string of the molecule is COc1ccc(C2CCCCCN2C(=O)c2ccc(Cl)c(S(=O)(=O)N3CCOCC3)c2)cc1. The number of benzene rings is 2. The first-order valence-corrected chi connectivity index (χ1v) is 13.1. The Morgan fingerprint density at radius 3 is 2.45 bits per heavy atom. The summed E-state index contributed by atoms with van der Waals surface area (Å²) in [4.78, 5) is 15.5. The average molecular weight is 493 g/mol. The van der Waals surface area contributed by atoms with Crippen LogP contribution in [-0.2, 0) is 14.8 Å². The summed E-state index contributed by atoms with van der Waals surface area (Å²) in [6.45, 7) is 1.83. The van der Waals surface area contributed by atoms with E-state index in [0.29, 0.717) is 25.3 Å². The van der Waals surface area contributed by atoms with Gasteiger partial charge in [-0.15, -0.1) is 0 Å². The molecule has 0 aliphatic carbocycles. The number of halogens is 1. The summed E-state index contributed by atoms with van der Waals surface area (Å²) in [5.74, 6) is 0.578. The Morgan fingerprint density at radius 1 is 1.03 bits per heavy atom. The highest BCUT2D eigenvalue weighted by atomic mass is 35.5. The van der Waals surface area contributed by atoms with Crippen LogP contribution < -0.4 is 4.74 Å². The van der Waals surface area contributed by atoms with E-state index in [-0.39, 0.29) is 35.0 Å². The van der Waals surface area contributed by atoms with Crippen LogP contribution in [0.15, 0.2) is 47.4 Å². The quantitative estimate of drug-likeness (QED) is 0.627. The Hall–Kier alpha value is -2.13. The van der Waals surface area contributed by atoms with E-state index in [1.165, 1.54) is 16.4 Å². The molecule has 1 unspecified atom stereocenters. The Balaban J connectivity index is 1.65. The minimum absolute atomic E-state index is 0.0345. The summed E-state index contributed by atoms with van der Waals surface area (Å²) >= 11 is 6.30. The monoisotopic (exact) mass is 492 g/mol. The summed E-state index contributed by atoms with van der Waals surface area (Å²) < 4.78 is 38.3. The second kappa shape index (κ2) is 10.4. The normalized spacial score (nSPS) is 20.3. The molecule has 1 amide bonds. The van der Waals surface area contributed by atoms with Gasteiger partial charge in [0.15, 0.2) is 0 Å². The Kier molecular flexibility index (Phi) is 7.58. The molecule has 0 saturated carbocycles. The van der Waals surface area contributed by atoms with E-state index in [9.17, 15) is 13.2 Å². The molecule has 0 bridgehead atoms. The molecule has 2 aromatic carbocycles. The second-order valence-electron chi connectivity index (χ2n) is 8.30. The first-order chi connectivity index (χ1) is 15.9. The van der Waals surface area contributed by atoms with Crippen LogP contribution in [0.1, 0.15) is 47.6 Å². The summed E-state index contributed by atoms with van der Waals surface area (Å²) in [6.07, 6.45) is 3.83. The molecule has 0 spiro atoms. The summed E-state index contributed by atoms with van der Waals surface area (Å²) in [5.41, 5.74) is 1.37. The number of nitrogens with zero attached hydrogens (tertiary/aromatic N) is 2. The minimum atomic E-state index is -3.82. The van der Waals surface area contributed by atoms with Crippen molar-refractivity contribution < 1.29 is 22.7 Å². The number of hydrogen-bond acceptors (Lipinski definition) is 5. The number of carbonyl (C=O) groups is 1. The average Bonchev–Trinajstić information content (AvgIpc) is 3.10. The second-order valence-corrected chi connectivity index (χ2v) is 10.6. The van der Waals surface area contributed by atoms with Crippen molar-refractivity contribution in [3.05, 3.63) is 58.6 Å². The Labute approximate surface area is 200 Å². The van der Waals surface area contributed by atoms with Crippen LogP contribution in [0.5, 0.6) is 5.75 Å². The molecule has 4 rings (SSSR count). The van der Waals surface area contributed by atoms with Gasteiger partial charge in [0.25, 0.3) is 5.91 Å². The number of hydrogen-bond donors (Lipinski definition) is 0. The number of methoxy groups -OCH3 is 1. The maximum atomic E-state index is 13.7. The molecular formula is C24H29ClN2O5S. The molecule has 0 radical (unpaired) electrons. The maximum absolute atomic E-state index is 13.7. The molecule has 2 aromatic rings. The van der Waals surface area contributed by atoms with Gasteiger partial charge in [-0.25, -0.2) is 8.42 Å². The van der Waals surface area contributed by atoms with Gasteiger partial charge in [0.2, 0.25) is 10.0 Å². The molecule has 2 aliphatic heterocycles. The topological polar surface area (TPSA) is 76.2 Å². The van der Waals surface area contributed by atoms with Gasteiger partial charge in [0.1, 0.15) is 10.6 Å². The van der Waals surface area contributed by atoms with Crippen molar-refractivity contribution in [2.24, 2.45) is 0 Å². The molecule has 2 fully saturated rings. The third-order valence-corrected chi connectivity index (χ3v) is 8.66. The van der Waals surface area contributed by atoms with Crippen molar-refractivity contribution in [1.82, 2.24) is 9.21 Å². The number of rotatable bonds is 5. The molecule has 2 heterocycles. The molecule has 33 heavy (non-hydrogen) atoms. The predicted octanol–water partition coefficient (Wildman–Crippen LogP) is 4.13. The molecule has 0 aromatic heterocycles. The summed E-state index contributed by atoms with van der Waals surface area (Å²) in [5, 5.41) is 0.112. The lowest BCUT2D eigenvalue weighted by atomic mass is 10.00. The van der Waals surface area contributed by atoms with Gasteiger partial charge in [0.05, 0.1) is 31.4 Å². The van der Waals surface area contributed by atoms with Crippen molar-refractivity contribution in [1.29, 1.82) is 0 Å². The molecular weight excluding hydrogens is 464 g/mol. The summed E-state index contributed by atoms with van der Waals surface area (Å²) in [6, 6.07) is 12.2. The zero-order valence-corrected chi connectivity index (χ0v) is 20.3. The van der Waals surface area contributed by atoms with E-state index >= 15 is 0 Å². The van der Waals surface area contributed by atoms with Gasteiger partial charge < -0.3 is 14.4 Å². The lowest BCUT2D eigenvalue weighted by Crippen LogP contribution is -2.41. The van der Waals surface area contributed by atoms with E-state index in [0.717, 1.165) is 37.0 Å². The molecule has 7 nitrogen and oxygen atoms in total. The van der Waals surface area contributed by atoms with Crippen LogP contribution in [0.4, 0.5) is 0 Å². The summed E-state index contributed by atoms with van der Waals surface area (Å²) in [7, 11) is -2.20. The molecule has 2 aliphatic rings. The van der Waals surface area contributed by atoms with Crippen molar-refractivity contribution in [2.45, 2.75) is 36.6 Å². The first-order valence-electron chi connectivity index (χ1n) is 11.2. The maximum Gasteiger partial charge on any atom is 0.254 e. The third-order valence-electron chi connectivity index (χ3n) is 6.28. The van der Waals surface area contributed by atoms with Crippen molar-refractivity contribution in [3.8, 4) is 5.75 Å². The lowest BCUT2D eigenvalue weighted by Gasteiger charge is -2.31. The smallest absolute Gasteiger partial charge is 0.254 e.